The maximum Gasteiger partial charge on any atom is 0.401 e. The molecule has 0 unspecified atom stereocenters. The van der Waals surface area contributed by atoms with Crippen molar-refractivity contribution in [3.8, 4) is 11.4 Å². The molecule has 5 aromatic rings. The van der Waals surface area contributed by atoms with E-state index in [1.165, 1.54) is 6.33 Å². The minimum absolute atomic E-state index is 0.0788. The Morgan fingerprint density at radius 1 is 1.15 bits per heavy atom. The Labute approximate surface area is 223 Å². The van der Waals surface area contributed by atoms with Gasteiger partial charge >= 0.3 is 12.2 Å². The van der Waals surface area contributed by atoms with Crippen LogP contribution >= 0.6 is 0 Å². The lowest BCUT2D eigenvalue weighted by atomic mass is 10.0. The molecule has 7 rings (SSSR count). The fraction of sp³-hybridized carbons (Fsp3) is 0.333. The van der Waals surface area contributed by atoms with Crippen molar-refractivity contribution in [1.82, 2.24) is 39.2 Å². The fourth-order valence-corrected chi connectivity index (χ4v) is 5.18. The van der Waals surface area contributed by atoms with Gasteiger partial charge in [0.1, 0.15) is 23.3 Å². The number of rotatable bonds is 5. The van der Waals surface area contributed by atoms with Gasteiger partial charge in [0.15, 0.2) is 22.9 Å². The van der Waals surface area contributed by atoms with Crippen molar-refractivity contribution in [3.63, 3.8) is 0 Å². The Morgan fingerprint density at radius 3 is 2.67 bits per heavy atom. The number of hydrogen-bond donors (Lipinski definition) is 3. The molecule has 1 saturated carbocycles. The molecule has 16 heteroatoms. The van der Waals surface area contributed by atoms with Gasteiger partial charge in [0, 0.05) is 31.5 Å². The highest BCUT2D eigenvalue weighted by Gasteiger charge is 2.66. The van der Waals surface area contributed by atoms with Gasteiger partial charge in [-0.05, 0) is 32.0 Å². The van der Waals surface area contributed by atoms with Crippen LogP contribution in [0.1, 0.15) is 24.6 Å². The number of pyridine rings is 1. The lowest BCUT2D eigenvalue weighted by molar-refractivity contribution is -0.165. The third-order valence-electron chi connectivity index (χ3n) is 7.46. The van der Waals surface area contributed by atoms with Crippen LogP contribution < -0.4 is 16.4 Å². The number of alkyl halides is 3. The summed E-state index contributed by atoms with van der Waals surface area (Å²) in [6.45, 7) is 1.64. The van der Waals surface area contributed by atoms with Gasteiger partial charge in [-0.15, -0.1) is 0 Å². The second kappa shape index (κ2) is 8.38. The smallest absolute Gasteiger partial charge is 0.383 e. The van der Waals surface area contributed by atoms with Gasteiger partial charge in [-0.3, -0.25) is 9.72 Å². The number of carbonyl (C=O) groups excluding carboxylic acids is 1. The lowest BCUT2D eigenvalue weighted by Crippen LogP contribution is -2.45. The Balaban J connectivity index is 1.18. The Kier molecular flexibility index (Phi) is 5.10. The number of nitrogens with one attached hydrogen (secondary N) is 2. The predicted molar refractivity (Wildman–Crippen MR) is 137 cm³/mol. The average molecular weight is 554 g/mol. The zero-order valence-electron chi connectivity index (χ0n) is 21.0. The van der Waals surface area contributed by atoms with Crippen LogP contribution in [-0.4, -0.2) is 71.5 Å². The van der Waals surface area contributed by atoms with Crippen molar-refractivity contribution < 1.29 is 22.5 Å². The largest absolute Gasteiger partial charge is 0.401 e. The van der Waals surface area contributed by atoms with Gasteiger partial charge in [0.25, 0.3) is 0 Å². The highest BCUT2D eigenvalue weighted by Crippen LogP contribution is 2.59. The van der Waals surface area contributed by atoms with Crippen LogP contribution in [0.2, 0.25) is 0 Å². The van der Waals surface area contributed by atoms with E-state index in [1.807, 2.05) is 11.7 Å². The number of likely N-dealkylation sites (tertiary alicyclic amines) is 1. The van der Waals surface area contributed by atoms with E-state index in [9.17, 15) is 18.0 Å². The number of halogens is 3. The monoisotopic (exact) mass is 553 g/mol. The van der Waals surface area contributed by atoms with Gasteiger partial charge in [-0.2, -0.15) is 18.3 Å². The molecule has 2 aliphatic rings. The maximum absolute atomic E-state index is 13.4. The number of hydrogen-bond acceptors (Lipinski definition) is 9. The number of imidazole rings is 1. The molecule has 0 bridgehead atoms. The highest BCUT2D eigenvalue weighted by molar-refractivity contribution is 6.02. The average Bonchev–Trinajstić information content (AvgIpc) is 3.21. The summed E-state index contributed by atoms with van der Waals surface area (Å²) in [5.74, 6) is -0.161. The number of likely N-dealkylation sites (N-methyl/N-ethyl adjacent to an activating group) is 1. The van der Waals surface area contributed by atoms with Crippen LogP contribution in [0.3, 0.4) is 0 Å². The Hall–Kier alpha value is -4.73. The molecular formula is C24H22F3N11O2. The number of carbonyl (C=O) groups is 1. The lowest BCUT2D eigenvalue weighted by Gasteiger charge is -2.36. The van der Waals surface area contributed by atoms with Gasteiger partial charge in [0.05, 0.1) is 22.8 Å². The van der Waals surface area contributed by atoms with Gasteiger partial charge in [-0.1, -0.05) is 5.16 Å². The first-order chi connectivity index (χ1) is 19.1. The van der Waals surface area contributed by atoms with E-state index in [1.54, 1.807) is 28.9 Å². The van der Waals surface area contributed by atoms with E-state index in [-0.39, 0.29) is 30.5 Å². The molecule has 5 aromatic heterocycles. The van der Waals surface area contributed by atoms with E-state index in [0.29, 0.717) is 39.6 Å². The first kappa shape index (κ1) is 24.3. The van der Waals surface area contributed by atoms with E-state index in [0.717, 1.165) is 19.2 Å². The zero-order chi connectivity index (χ0) is 27.8. The molecule has 0 aromatic carbocycles. The third-order valence-corrected chi connectivity index (χ3v) is 7.46. The summed E-state index contributed by atoms with van der Waals surface area (Å²) < 4.78 is 48.7. The van der Waals surface area contributed by atoms with Crippen LogP contribution in [0.5, 0.6) is 0 Å². The molecule has 1 aliphatic heterocycles. The molecule has 0 spiro atoms. The van der Waals surface area contributed by atoms with Crippen LogP contribution in [0.15, 0.2) is 41.4 Å². The highest BCUT2D eigenvalue weighted by atomic mass is 19.4. The molecule has 206 valence electrons. The summed E-state index contributed by atoms with van der Waals surface area (Å²) >= 11 is 0. The van der Waals surface area contributed by atoms with Crippen molar-refractivity contribution in [3.05, 3.63) is 42.7 Å². The maximum atomic E-state index is 13.4. The molecule has 40 heavy (non-hydrogen) atoms. The molecular weight excluding hydrogens is 531 g/mol. The molecule has 13 nitrogen and oxygen atoms in total. The van der Waals surface area contributed by atoms with Crippen molar-refractivity contribution in [1.29, 1.82) is 0 Å². The minimum atomic E-state index is -4.45. The zero-order valence-corrected chi connectivity index (χ0v) is 21.0. The number of aromatic nitrogens is 7. The summed E-state index contributed by atoms with van der Waals surface area (Å²) in [6.07, 6.45) is 0.0804. The first-order valence-corrected chi connectivity index (χ1v) is 12.4. The first-order valence-electron chi connectivity index (χ1n) is 12.4. The minimum Gasteiger partial charge on any atom is -0.383 e. The van der Waals surface area contributed by atoms with Crippen molar-refractivity contribution in [2.24, 2.45) is 0 Å². The summed E-state index contributed by atoms with van der Waals surface area (Å²) in [5.41, 5.74) is 6.82. The van der Waals surface area contributed by atoms with Crippen molar-refractivity contribution in [2.75, 3.05) is 36.5 Å². The van der Waals surface area contributed by atoms with Crippen LogP contribution in [-0.2, 0) is 5.41 Å². The van der Waals surface area contributed by atoms with Crippen molar-refractivity contribution >= 4 is 40.0 Å². The standard InChI is InChI=1S/C24H22F3N11O2/c1-36-9-12(10-36)38-21-17(19(28)30-11-31-21)18(34-38)14-3-2-13(20-29-6-7-37(14)20)32-22(39)33-16-8-15(40-35-16)23(4-5-23)24(25,26)27/h2-3,6-8,11-12H,4-5,9-10H2,1H3,(H2,28,30,31)(H2,32,33,35,39). The van der Waals surface area contributed by atoms with E-state index >= 15 is 0 Å². The van der Waals surface area contributed by atoms with E-state index in [2.05, 4.69) is 35.6 Å². The summed E-state index contributed by atoms with van der Waals surface area (Å²) in [6, 6.07) is 3.92. The van der Waals surface area contributed by atoms with E-state index < -0.39 is 17.6 Å². The molecule has 1 saturated heterocycles. The fourth-order valence-electron chi connectivity index (χ4n) is 5.18. The number of nitrogen functional groups attached to an aromatic ring is 1. The Bertz CT molecular complexity index is 1780. The van der Waals surface area contributed by atoms with Crippen LogP contribution in [0, 0.1) is 0 Å². The topological polar surface area (TPSA) is 157 Å². The number of urea groups is 1. The molecule has 0 radical (unpaired) electrons. The summed E-state index contributed by atoms with van der Waals surface area (Å²) in [4.78, 5) is 27.9. The SMILES string of the molecule is CN1CC(n2nc(-c3ccc(NC(=O)Nc4cc(C5(C(F)(F)F)CC5)on4)c4nccn34)c3c(N)ncnc32)C1. The molecule has 2 amide bonds. The quantitative estimate of drug-likeness (QED) is 0.297. The molecule has 2 fully saturated rings. The summed E-state index contributed by atoms with van der Waals surface area (Å²) in [7, 11) is 2.02. The molecule has 6 heterocycles. The normalized spacial score (nSPS) is 17.3. The number of fused-ring (bicyclic) bond motifs is 2. The van der Waals surface area contributed by atoms with Crippen molar-refractivity contribution in [2.45, 2.75) is 30.5 Å². The second-order valence-corrected chi connectivity index (χ2v) is 10.1. The van der Waals surface area contributed by atoms with Crippen LogP contribution in [0.4, 0.5) is 35.3 Å². The molecule has 4 N–H and O–H groups in total. The Morgan fingerprint density at radius 2 is 1.95 bits per heavy atom. The third kappa shape index (κ3) is 3.66. The molecule has 1 aliphatic carbocycles. The number of nitrogens with zero attached hydrogens (tertiary/aromatic N) is 8. The number of amides is 2. The van der Waals surface area contributed by atoms with E-state index in [4.69, 9.17) is 15.4 Å². The van der Waals surface area contributed by atoms with Crippen LogP contribution in [0.25, 0.3) is 28.1 Å². The van der Waals surface area contributed by atoms with Gasteiger partial charge < -0.3 is 20.5 Å². The number of anilines is 3. The van der Waals surface area contributed by atoms with Gasteiger partial charge in [-0.25, -0.2) is 24.4 Å². The number of nitrogens with two attached hydrogens (primary N) is 1. The second-order valence-electron chi connectivity index (χ2n) is 10.1. The summed E-state index contributed by atoms with van der Waals surface area (Å²) in [5, 5.41) is 14.1. The van der Waals surface area contributed by atoms with Gasteiger partial charge in [0.2, 0.25) is 0 Å². The predicted octanol–water partition coefficient (Wildman–Crippen LogP) is 3.44. The molecule has 0 atom stereocenters.